The lowest BCUT2D eigenvalue weighted by molar-refractivity contribution is -0.122. The average molecular weight is 433 g/mol. The first-order chi connectivity index (χ1) is 14.1. The highest BCUT2D eigenvalue weighted by Gasteiger charge is 2.22. The second-order valence-electron chi connectivity index (χ2n) is 7.56. The van der Waals surface area contributed by atoms with Gasteiger partial charge in [-0.3, -0.25) is 4.79 Å². The lowest BCUT2D eigenvalue weighted by Crippen LogP contribution is -2.31. The number of amides is 1. The molecule has 0 heterocycles. The predicted octanol–water partition coefficient (Wildman–Crippen LogP) is 4.55. The number of nitrogens with zero attached hydrogens (tertiary/aromatic N) is 1. The van der Waals surface area contributed by atoms with Crippen LogP contribution in [0, 0.1) is 6.92 Å². The van der Waals surface area contributed by atoms with Crippen molar-refractivity contribution < 1.29 is 17.9 Å². The maximum absolute atomic E-state index is 12.6. The molecule has 0 aliphatic heterocycles. The van der Waals surface area contributed by atoms with Crippen LogP contribution in [0.15, 0.2) is 47.4 Å². The Morgan fingerprint density at radius 1 is 1.03 bits per heavy atom. The summed E-state index contributed by atoms with van der Waals surface area (Å²) in [6, 6.07) is 12.2. The van der Waals surface area contributed by atoms with Crippen LogP contribution in [-0.4, -0.2) is 37.8 Å². The summed E-state index contributed by atoms with van der Waals surface area (Å²) >= 11 is 0. The second-order valence-corrected chi connectivity index (χ2v) is 9.50. The topological polar surface area (TPSA) is 75.7 Å². The fraction of sp³-hybridized carbons (Fsp3) is 0.435. The number of ether oxygens (including phenoxy) is 1. The Morgan fingerprint density at radius 2 is 1.63 bits per heavy atom. The van der Waals surface area contributed by atoms with Crippen LogP contribution in [0.2, 0.25) is 0 Å². The Kier molecular flexibility index (Phi) is 8.03. The Hall–Kier alpha value is -2.38. The lowest BCUT2D eigenvalue weighted by Gasteiger charge is -2.20. The van der Waals surface area contributed by atoms with Crippen LogP contribution in [0.4, 0.5) is 5.69 Å². The van der Waals surface area contributed by atoms with E-state index in [1.54, 1.807) is 32.9 Å². The summed E-state index contributed by atoms with van der Waals surface area (Å²) in [4.78, 5) is 12.8. The highest BCUT2D eigenvalue weighted by atomic mass is 32.2. The lowest BCUT2D eigenvalue weighted by atomic mass is 10.0. The highest BCUT2D eigenvalue weighted by Crippen LogP contribution is 2.28. The first kappa shape index (κ1) is 23.9. The van der Waals surface area contributed by atoms with Crippen molar-refractivity contribution in [3.8, 4) is 5.75 Å². The van der Waals surface area contributed by atoms with Crippen LogP contribution >= 0.6 is 0 Å². The molecule has 1 atom stereocenters. The number of hydrogen-bond donors (Lipinski definition) is 1. The minimum Gasteiger partial charge on any atom is -0.481 e. The quantitative estimate of drug-likeness (QED) is 0.630. The summed E-state index contributed by atoms with van der Waals surface area (Å²) in [7, 11) is -3.52. The Balaban J connectivity index is 2.11. The summed E-state index contributed by atoms with van der Waals surface area (Å²) in [5.41, 5.74) is 2.63. The molecule has 2 aromatic carbocycles. The zero-order chi connectivity index (χ0) is 22.5. The first-order valence-corrected chi connectivity index (χ1v) is 11.7. The minimum atomic E-state index is -3.52. The van der Waals surface area contributed by atoms with E-state index in [1.165, 1.54) is 16.4 Å². The largest absolute Gasteiger partial charge is 0.481 e. The maximum atomic E-state index is 12.6. The monoisotopic (exact) mass is 432 g/mol. The fourth-order valence-electron chi connectivity index (χ4n) is 3.13. The van der Waals surface area contributed by atoms with Gasteiger partial charge in [-0.05, 0) is 61.2 Å². The third kappa shape index (κ3) is 5.61. The van der Waals surface area contributed by atoms with Crippen LogP contribution in [0.1, 0.15) is 51.7 Å². The van der Waals surface area contributed by atoms with E-state index >= 15 is 0 Å². The van der Waals surface area contributed by atoms with Crippen molar-refractivity contribution >= 4 is 21.6 Å². The molecule has 0 fully saturated rings. The van der Waals surface area contributed by atoms with Gasteiger partial charge in [0.2, 0.25) is 10.0 Å². The van der Waals surface area contributed by atoms with Crippen molar-refractivity contribution in [2.45, 2.75) is 58.5 Å². The fourth-order valence-corrected chi connectivity index (χ4v) is 4.59. The van der Waals surface area contributed by atoms with Gasteiger partial charge in [0.1, 0.15) is 5.75 Å². The minimum absolute atomic E-state index is 0.204. The summed E-state index contributed by atoms with van der Waals surface area (Å²) < 4.78 is 32.5. The molecule has 0 spiro atoms. The van der Waals surface area contributed by atoms with Crippen LogP contribution in [0.3, 0.4) is 0 Å². The zero-order valence-corrected chi connectivity index (χ0v) is 19.4. The van der Waals surface area contributed by atoms with E-state index < -0.39 is 16.1 Å². The zero-order valence-electron chi connectivity index (χ0n) is 18.6. The van der Waals surface area contributed by atoms with E-state index in [-0.39, 0.29) is 16.7 Å². The Bertz CT molecular complexity index is 965. The molecule has 0 aliphatic rings. The molecule has 7 heteroatoms. The highest BCUT2D eigenvalue weighted by molar-refractivity contribution is 7.89. The SMILES string of the molecule is CCN(CC)S(=O)(=O)c1ccc(NC(=O)[C@H](C)Oc2cc(C)ccc2C(C)C)cc1. The van der Waals surface area contributed by atoms with Gasteiger partial charge in [-0.15, -0.1) is 0 Å². The van der Waals surface area contributed by atoms with Gasteiger partial charge >= 0.3 is 0 Å². The van der Waals surface area contributed by atoms with E-state index in [0.717, 1.165) is 11.1 Å². The number of anilines is 1. The van der Waals surface area contributed by atoms with E-state index in [0.29, 0.717) is 24.5 Å². The van der Waals surface area contributed by atoms with Gasteiger partial charge in [0.05, 0.1) is 4.90 Å². The van der Waals surface area contributed by atoms with Gasteiger partial charge in [0.25, 0.3) is 5.91 Å². The molecule has 1 N–H and O–H groups in total. The normalized spacial score (nSPS) is 12.8. The van der Waals surface area contributed by atoms with Crippen molar-refractivity contribution in [1.82, 2.24) is 4.31 Å². The van der Waals surface area contributed by atoms with Crippen molar-refractivity contribution in [1.29, 1.82) is 0 Å². The third-order valence-corrected chi connectivity index (χ3v) is 6.99. The number of nitrogens with one attached hydrogen (secondary N) is 1. The van der Waals surface area contributed by atoms with Gasteiger partial charge in [-0.2, -0.15) is 4.31 Å². The van der Waals surface area contributed by atoms with E-state index in [1.807, 2.05) is 25.1 Å². The number of carbonyl (C=O) groups excluding carboxylic acids is 1. The van der Waals surface area contributed by atoms with Crippen LogP contribution in [-0.2, 0) is 14.8 Å². The van der Waals surface area contributed by atoms with Crippen molar-refractivity contribution in [2.75, 3.05) is 18.4 Å². The number of rotatable bonds is 9. The van der Waals surface area contributed by atoms with E-state index in [9.17, 15) is 13.2 Å². The van der Waals surface area contributed by atoms with Crippen LogP contribution in [0.5, 0.6) is 5.75 Å². The predicted molar refractivity (Wildman–Crippen MR) is 121 cm³/mol. The molecular weight excluding hydrogens is 400 g/mol. The standard InChI is InChI=1S/C23H32N2O4S/c1-7-25(8-2)30(27,28)20-12-10-19(11-13-20)24-23(26)18(6)29-22-15-17(5)9-14-21(22)16(3)4/h9-16,18H,7-8H2,1-6H3,(H,24,26)/t18-/m0/s1. The molecule has 0 aliphatic carbocycles. The summed E-state index contributed by atoms with van der Waals surface area (Å²) in [6.07, 6.45) is -0.705. The van der Waals surface area contributed by atoms with Crippen LogP contribution < -0.4 is 10.1 Å². The molecule has 0 bridgehead atoms. The number of benzene rings is 2. The summed E-state index contributed by atoms with van der Waals surface area (Å²) in [6.45, 7) is 12.3. The van der Waals surface area contributed by atoms with Gasteiger partial charge in [0, 0.05) is 18.8 Å². The van der Waals surface area contributed by atoms with Crippen molar-refractivity contribution in [3.63, 3.8) is 0 Å². The van der Waals surface area contributed by atoms with Gasteiger partial charge in [-0.25, -0.2) is 8.42 Å². The molecule has 6 nitrogen and oxygen atoms in total. The molecule has 2 rings (SSSR count). The maximum Gasteiger partial charge on any atom is 0.265 e. The second kappa shape index (κ2) is 10.1. The molecule has 0 unspecified atom stereocenters. The van der Waals surface area contributed by atoms with Gasteiger partial charge < -0.3 is 10.1 Å². The number of hydrogen-bond acceptors (Lipinski definition) is 4. The molecule has 0 aromatic heterocycles. The summed E-state index contributed by atoms with van der Waals surface area (Å²) in [5, 5.41) is 2.79. The summed E-state index contributed by atoms with van der Waals surface area (Å²) in [5.74, 6) is 0.676. The first-order valence-electron chi connectivity index (χ1n) is 10.3. The Morgan fingerprint density at radius 3 is 2.17 bits per heavy atom. The molecular formula is C23H32N2O4S. The molecule has 0 saturated heterocycles. The van der Waals surface area contributed by atoms with Gasteiger partial charge in [-0.1, -0.05) is 39.8 Å². The smallest absolute Gasteiger partial charge is 0.265 e. The van der Waals surface area contributed by atoms with Crippen molar-refractivity contribution in [2.24, 2.45) is 0 Å². The number of carbonyl (C=O) groups is 1. The number of sulfonamides is 1. The molecule has 30 heavy (non-hydrogen) atoms. The van der Waals surface area contributed by atoms with E-state index in [2.05, 4.69) is 19.2 Å². The Labute approximate surface area is 180 Å². The van der Waals surface area contributed by atoms with Crippen LogP contribution in [0.25, 0.3) is 0 Å². The molecule has 0 saturated carbocycles. The van der Waals surface area contributed by atoms with Gasteiger partial charge in [0.15, 0.2) is 6.10 Å². The van der Waals surface area contributed by atoms with Crippen molar-refractivity contribution in [3.05, 3.63) is 53.6 Å². The molecule has 164 valence electrons. The third-order valence-electron chi connectivity index (χ3n) is 4.93. The molecule has 0 radical (unpaired) electrons. The average Bonchev–Trinajstić information content (AvgIpc) is 2.68. The number of aryl methyl sites for hydroxylation is 1. The molecule has 2 aromatic rings. The molecule has 1 amide bonds. The van der Waals surface area contributed by atoms with E-state index in [4.69, 9.17) is 4.74 Å².